The predicted molar refractivity (Wildman–Crippen MR) is 74.7 cm³/mol. The van der Waals surface area contributed by atoms with Crippen molar-refractivity contribution in [3.8, 4) is 0 Å². The van der Waals surface area contributed by atoms with Crippen LogP contribution >= 0.6 is 0 Å². The van der Waals surface area contributed by atoms with Crippen LogP contribution in [-0.2, 0) is 6.42 Å². The van der Waals surface area contributed by atoms with E-state index in [9.17, 15) is 9.50 Å². The minimum Gasteiger partial charge on any atom is -0.388 e. The number of hydrogen-bond donors (Lipinski definition) is 2. The maximum atomic E-state index is 13.1. The fourth-order valence-electron chi connectivity index (χ4n) is 2.68. The predicted octanol–water partition coefficient (Wildman–Crippen LogP) is 1.41. The van der Waals surface area contributed by atoms with Gasteiger partial charge in [-0.15, -0.1) is 0 Å². The number of likely N-dealkylation sites (N-methyl/N-ethyl adjacent to an activating group) is 1. The van der Waals surface area contributed by atoms with Crippen LogP contribution in [0.15, 0.2) is 24.3 Å². The Morgan fingerprint density at radius 1 is 1.37 bits per heavy atom. The number of halogens is 1. The molecule has 19 heavy (non-hydrogen) atoms. The Hall–Kier alpha value is -0.970. The number of hydrogen-bond acceptors (Lipinski definition) is 3. The first kappa shape index (κ1) is 14.4. The quantitative estimate of drug-likeness (QED) is 0.846. The van der Waals surface area contributed by atoms with Gasteiger partial charge in [0, 0.05) is 26.2 Å². The summed E-state index contributed by atoms with van der Waals surface area (Å²) in [7, 11) is 1.87. The lowest BCUT2D eigenvalue weighted by atomic mass is 9.91. The van der Waals surface area contributed by atoms with E-state index in [-0.39, 0.29) is 5.82 Å². The molecule has 0 amide bonds. The van der Waals surface area contributed by atoms with Gasteiger partial charge in [0.05, 0.1) is 5.60 Å². The number of benzene rings is 1. The summed E-state index contributed by atoms with van der Waals surface area (Å²) in [6, 6.07) is 6.79. The molecule has 0 atom stereocenters. The highest BCUT2D eigenvalue weighted by Gasteiger charge is 2.31. The molecule has 1 saturated heterocycles. The molecule has 0 aromatic heterocycles. The Labute approximate surface area is 114 Å². The van der Waals surface area contributed by atoms with Crippen LogP contribution in [0.1, 0.15) is 18.4 Å². The molecule has 0 bridgehead atoms. The molecule has 3 nitrogen and oxygen atoms in total. The van der Waals surface area contributed by atoms with Gasteiger partial charge in [-0.2, -0.15) is 0 Å². The monoisotopic (exact) mass is 266 g/mol. The van der Waals surface area contributed by atoms with Crippen LogP contribution in [0.5, 0.6) is 0 Å². The summed E-state index contributed by atoms with van der Waals surface area (Å²) in [6.45, 7) is 3.41. The average molecular weight is 266 g/mol. The molecule has 0 aliphatic carbocycles. The Bertz CT molecular complexity index is 403. The highest BCUT2D eigenvalue weighted by molar-refractivity contribution is 5.16. The molecule has 1 heterocycles. The molecule has 1 aliphatic heterocycles. The zero-order chi connectivity index (χ0) is 13.7. The number of likely N-dealkylation sites (tertiary alicyclic amines) is 1. The van der Waals surface area contributed by atoms with E-state index in [1.165, 1.54) is 6.07 Å². The third kappa shape index (κ3) is 4.27. The summed E-state index contributed by atoms with van der Waals surface area (Å²) in [5.41, 5.74) is 0.487. The van der Waals surface area contributed by atoms with E-state index in [0.717, 1.165) is 44.5 Å². The summed E-state index contributed by atoms with van der Waals surface area (Å²) < 4.78 is 13.1. The van der Waals surface area contributed by atoms with Gasteiger partial charge in [0.1, 0.15) is 5.82 Å². The molecule has 0 saturated carbocycles. The van der Waals surface area contributed by atoms with Crippen molar-refractivity contribution in [2.45, 2.75) is 24.9 Å². The minimum absolute atomic E-state index is 0.167. The molecule has 0 radical (unpaired) electrons. The first-order valence-corrected chi connectivity index (χ1v) is 6.95. The third-order valence-electron chi connectivity index (χ3n) is 3.90. The van der Waals surface area contributed by atoms with Gasteiger partial charge >= 0.3 is 0 Å². The van der Waals surface area contributed by atoms with Gasteiger partial charge in [-0.05, 0) is 44.0 Å². The number of nitrogens with zero attached hydrogens (tertiary/aromatic N) is 1. The summed E-state index contributed by atoms with van der Waals surface area (Å²) in [6.07, 6.45) is 2.47. The largest absolute Gasteiger partial charge is 0.388 e. The highest BCUT2D eigenvalue weighted by atomic mass is 19.1. The zero-order valence-corrected chi connectivity index (χ0v) is 11.5. The first-order valence-electron chi connectivity index (χ1n) is 6.95. The maximum Gasteiger partial charge on any atom is 0.123 e. The first-order chi connectivity index (χ1) is 9.11. The number of nitrogens with one attached hydrogen (secondary N) is 1. The Morgan fingerprint density at radius 2 is 2.11 bits per heavy atom. The fourth-order valence-corrected chi connectivity index (χ4v) is 2.68. The van der Waals surface area contributed by atoms with Crippen molar-refractivity contribution in [3.63, 3.8) is 0 Å². The van der Waals surface area contributed by atoms with E-state index in [1.807, 2.05) is 13.1 Å². The molecule has 4 heteroatoms. The second kappa shape index (κ2) is 6.46. The molecule has 1 fully saturated rings. The molecule has 2 N–H and O–H groups in total. The number of piperidine rings is 1. The van der Waals surface area contributed by atoms with Crippen molar-refractivity contribution in [1.29, 1.82) is 0 Å². The van der Waals surface area contributed by atoms with Gasteiger partial charge in [0.15, 0.2) is 0 Å². The van der Waals surface area contributed by atoms with Gasteiger partial charge in [-0.3, -0.25) is 0 Å². The van der Waals surface area contributed by atoms with E-state index in [2.05, 4.69) is 10.2 Å². The second-order valence-corrected chi connectivity index (χ2v) is 5.48. The van der Waals surface area contributed by atoms with E-state index in [0.29, 0.717) is 6.54 Å². The van der Waals surface area contributed by atoms with Crippen molar-refractivity contribution in [1.82, 2.24) is 10.2 Å². The molecular formula is C15H23FN2O. The van der Waals surface area contributed by atoms with Crippen molar-refractivity contribution in [2.24, 2.45) is 0 Å². The van der Waals surface area contributed by atoms with Gasteiger partial charge in [0.2, 0.25) is 0 Å². The Kier molecular flexibility index (Phi) is 4.91. The van der Waals surface area contributed by atoms with Gasteiger partial charge < -0.3 is 15.3 Å². The van der Waals surface area contributed by atoms with Crippen LogP contribution < -0.4 is 5.32 Å². The number of aliphatic hydroxyl groups is 1. The van der Waals surface area contributed by atoms with Gasteiger partial charge in [-0.25, -0.2) is 4.39 Å². The molecule has 106 valence electrons. The molecule has 0 spiro atoms. The molecule has 1 aromatic rings. The lowest BCUT2D eigenvalue weighted by molar-refractivity contribution is -0.0182. The average Bonchev–Trinajstić information content (AvgIpc) is 2.38. The summed E-state index contributed by atoms with van der Waals surface area (Å²) >= 11 is 0. The summed E-state index contributed by atoms with van der Waals surface area (Å²) in [5, 5.41) is 13.3. The SMILES string of the molecule is CNCC1(O)CCN(CCc2cccc(F)c2)CC1. The highest BCUT2D eigenvalue weighted by Crippen LogP contribution is 2.21. The minimum atomic E-state index is -0.551. The molecule has 1 aliphatic rings. The topological polar surface area (TPSA) is 35.5 Å². The Morgan fingerprint density at radius 3 is 2.74 bits per heavy atom. The van der Waals surface area contributed by atoms with Crippen LogP contribution in [0.4, 0.5) is 4.39 Å². The van der Waals surface area contributed by atoms with E-state index >= 15 is 0 Å². The number of rotatable bonds is 5. The van der Waals surface area contributed by atoms with Crippen molar-refractivity contribution in [3.05, 3.63) is 35.6 Å². The van der Waals surface area contributed by atoms with Crippen molar-refractivity contribution >= 4 is 0 Å². The molecular weight excluding hydrogens is 243 g/mol. The van der Waals surface area contributed by atoms with Crippen LogP contribution in [0.3, 0.4) is 0 Å². The Balaban J connectivity index is 1.77. The summed E-state index contributed by atoms with van der Waals surface area (Å²) in [4.78, 5) is 2.34. The van der Waals surface area contributed by atoms with E-state index in [1.54, 1.807) is 12.1 Å². The van der Waals surface area contributed by atoms with E-state index < -0.39 is 5.60 Å². The van der Waals surface area contributed by atoms with Crippen LogP contribution in [0.2, 0.25) is 0 Å². The van der Waals surface area contributed by atoms with Crippen molar-refractivity contribution < 1.29 is 9.50 Å². The van der Waals surface area contributed by atoms with Crippen LogP contribution in [0.25, 0.3) is 0 Å². The lowest BCUT2D eigenvalue weighted by Crippen LogP contribution is -2.49. The lowest BCUT2D eigenvalue weighted by Gasteiger charge is -2.38. The molecule has 2 rings (SSSR count). The zero-order valence-electron chi connectivity index (χ0n) is 11.5. The summed E-state index contributed by atoms with van der Waals surface area (Å²) in [5.74, 6) is -0.167. The van der Waals surface area contributed by atoms with Gasteiger partial charge in [0.25, 0.3) is 0 Å². The third-order valence-corrected chi connectivity index (χ3v) is 3.90. The smallest absolute Gasteiger partial charge is 0.123 e. The standard InChI is InChI=1S/C15H23FN2O/c1-17-12-15(19)6-9-18(10-7-15)8-5-13-3-2-4-14(16)11-13/h2-4,11,17,19H,5-10,12H2,1H3. The maximum absolute atomic E-state index is 13.1. The molecule has 0 unspecified atom stereocenters. The normalized spacial score (nSPS) is 19.5. The van der Waals surface area contributed by atoms with Crippen molar-refractivity contribution in [2.75, 3.05) is 33.2 Å². The fraction of sp³-hybridized carbons (Fsp3) is 0.600. The molecule has 1 aromatic carbocycles. The second-order valence-electron chi connectivity index (χ2n) is 5.48. The van der Waals surface area contributed by atoms with Gasteiger partial charge in [-0.1, -0.05) is 12.1 Å². The van der Waals surface area contributed by atoms with Crippen LogP contribution in [0, 0.1) is 5.82 Å². The van der Waals surface area contributed by atoms with Crippen LogP contribution in [-0.4, -0.2) is 48.8 Å². The van der Waals surface area contributed by atoms with E-state index in [4.69, 9.17) is 0 Å².